The van der Waals surface area contributed by atoms with Crippen LogP contribution < -0.4 is 20.1 Å². The third kappa shape index (κ3) is 5.94. The molecule has 0 bridgehead atoms. The average Bonchev–Trinajstić information content (AvgIpc) is 2.88. The van der Waals surface area contributed by atoms with Crippen molar-refractivity contribution in [1.82, 2.24) is 10.3 Å². The van der Waals surface area contributed by atoms with Crippen molar-refractivity contribution in [1.29, 1.82) is 0 Å². The molecule has 1 amide bonds. The van der Waals surface area contributed by atoms with Gasteiger partial charge in [0.05, 0.1) is 46.5 Å². The molecule has 0 saturated carbocycles. The number of nitrogens with zero attached hydrogens (tertiary/aromatic N) is 1. The summed E-state index contributed by atoms with van der Waals surface area (Å²) >= 11 is 0. The number of carbonyl (C=O) groups is 1. The van der Waals surface area contributed by atoms with Gasteiger partial charge in [-0.2, -0.15) is 0 Å². The molecule has 3 aromatic carbocycles. The summed E-state index contributed by atoms with van der Waals surface area (Å²) in [4.78, 5) is 17.8. The molecule has 0 aliphatic carbocycles. The van der Waals surface area contributed by atoms with Gasteiger partial charge in [0.1, 0.15) is 5.75 Å². The number of benzene rings is 3. The van der Waals surface area contributed by atoms with E-state index in [0.717, 1.165) is 34.8 Å². The van der Waals surface area contributed by atoms with Crippen molar-refractivity contribution in [2.75, 3.05) is 29.4 Å². The van der Waals surface area contributed by atoms with Gasteiger partial charge in [-0.25, -0.2) is 13.4 Å². The van der Waals surface area contributed by atoms with Crippen LogP contribution in [0.1, 0.15) is 43.5 Å². The smallest absolute Gasteiger partial charge is 0.253 e. The van der Waals surface area contributed by atoms with E-state index in [1.165, 1.54) is 7.11 Å². The molecular weight excluding hydrogens is 488 g/mol. The summed E-state index contributed by atoms with van der Waals surface area (Å²) < 4.78 is 32.7. The van der Waals surface area contributed by atoms with E-state index in [2.05, 4.69) is 22.3 Å². The monoisotopic (exact) mass is 520 g/mol. The van der Waals surface area contributed by atoms with Crippen LogP contribution >= 0.6 is 0 Å². The van der Waals surface area contributed by atoms with Gasteiger partial charge >= 0.3 is 0 Å². The van der Waals surface area contributed by atoms with Crippen molar-refractivity contribution in [3.05, 3.63) is 66.2 Å². The van der Waals surface area contributed by atoms with Crippen molar-refractivity contribution in [3.63, 3.8) is 0 Å². The summed E-state index contributed by atoms with van der Waals surface area (Å²) in [5, 5.41) is 8.13. The Morgan fingerprint density at radius 1 is 0.973 bits per heavy atom. The fraction of sp³-hybridized carbons (Fsp3) is 0.286. The largest absolute Gasteiger partial charge is 0.494 e. The van der Waals surface area contributed by atoms with Crippen LogP contribution in [0.25, 0.3) is 21.8 Å². The van der Waals surface area contributed by atoms with E-state index in [1.54, 1.807) is 24.3 Å². The number of nitrogens with one attached hydrogen (secondary N) is 3. The van der Waals surface area contributed by atoms with Crippen LogP contribution in [0.3, 0.4) is 0 Å². The molecule has 37 heavy (non-hydrogen) atoms. The minimum atomic E-state index is -3.43. The Kier molecular flexibility index (Phi) is 8.13. The summed E-state index contributed by atoms with van der Waals surface area (Å²) in [7, 11) is -1.90. The fourth-order valence-electron chi connectivity index (χ4n) is 4.20. The Balaban J connectivity index is 1.79. The van der Waals surface area contributed by atoms with Crippen LogP contribution in [0.15, 0.2) is 60.7 Å². The Bertz CT molecular complexity index is 1540. The maximum absolute atomic E-state index is 13.0. The lowest BCUT2D eigenvalue weighted by atomic mass is 10.0. The molecule has 0 unspecified atom stereocenters. The van der Waals surface area contributed by atoms with Crippen LogP contribution in [-0.4, -0.2) is 38.7 Å². The summed E-state index contributed by atoms with van der Waals surface area (Å²) in [5.74, 6) is 0.354. The van der Waals surface area contributed by atoms with E-state index in [9.17, 15) is 13.2 Å². The second-order valence-corrected chi connectivity index (χ2v) is 10.6. The van der Waals surface area contributed by atoms with E-state index in [-0.39, 0.29) is 11.7 Å². The zero-order valence-corrected chi connectivity index (χ0v) is 22.1. The van der Waals surface area contributed by atoms with Crippen molar-refractivity contribution >= 4 is 54.8 Å². The van der Waals surface area contributed by atoms with Gasteiger partial charge in [-0.15, -0.1) is 0 Å². The molecule has 194 valence electrons. The Labute approximate surface area is 217 Å². The fourth-order valence-corrected chi connectivity index (χ4v) is 5.32. The number of unbranched alkanes of at least 4 members (excludes halogenated alkanes) is 1. The predicted octanol–water partition coefficient (Wildman–Crippen LogP) is 5.82. The highest BCUT2D eigenvalue weighted by molar-refractivity contribution is 7.92. The molecule has 0 radical (unpaired) electrons. The van der Waals surface area contributed by atoms with Crippen molar-refractivity contribution in [2.45, 2.75) is 33.1 Å². The number of hydrogen-bond acceptors (Lipinski definition) is 6. The average molecular weight is 521 g/mol. The molecule has 1 aromatic heterocycles. The molecule has 0 saturated heterocycles. The van der Waals surface area contributed by atoms with Crippen LogP contribution in [0.4, 0.5) is 17.1 Å². The van der Waals surface area contributed by atoms with Gasteiger partial charge in [0.2, 0.25) is 10.0 Å². The van der Waals surface area contributed by atoms with Gasteiger partial charge in [0.25, 0.3) is 5.91 Å². The van der Waals surface area contributed by atoms with Gasteiger partial charge in [-0.1, -0.05) is 50.6 Å². The van der Waals surface area contributed by atoms with Crippen LogP contribution in [0, 0.1) is 0 Å². The van der Waals surface area contributed by atoms with E-state index < -0.39 is 10.0 Å². The lowest BCUT2D eigenvalue weighted by Gasteiger charge is -2.18. The summed E-state index contributed by atoms with van der Waals surface area (Å²) in [6, 6.07) is 18.4. The van der Waals surface area contributed by atoms with Gasteiger partial charge in [-0.3, -0.25) is 9.52 Å². The van der Waals surface area contributed by atoms with Crippen LogP contribution in [-0.2, 0) is 10.0 Å². The highest BCUT2D eigenvalue weighted by Crippen LogP contribution is 2.38. The molecule has 8 nitrogen and oxygen atoms in total. The third-order valence-electron chi connectivity index (χ3n) is 5.98. The van der Waals surface area contributed by atoms with E-state index >= 15 is 0 Å². The van der Waals surface area contributed by atoms with E-state index in [0.29, 0.717) is 41.2 Å². The maximum atomic E-state index is 13.0. The van der Waals surface area contributed by atoms with E-state index in [4.69, 9.17) is 9.72 Å². The van der Waals surface area contributed by atoms with Crippen molar-refractivity contribution in [2.24, 2.45) is 0 Å². The predicted molar refractivity (Wildman–Crippen MR) is 150 cm³/mol. The van der Waals surface area contributed by atoms with Gasteiger partial charge < -0.3 is 15.4 Å². The SMILES string of the molecule is CCCCNC(=O)c1cccc2c(Nc3ccc(NS(=O)(=O)CCC)cc3OC)c3ccccc3nc12. The first-order valence-corrected chi connectivity index (χ1v) is 14.1. The number of sulfonamides is 1. The number of pyridine rings is 1. The molecule has 0 spiro atoms. The minimum Gasteiger partial charge on any atom is -0.494 e. The standard InChI is InChI=1S/C28H32N4O4S/c1-4-6-16-29-28(33)22-12-9-11-21-26(20-10-7-8-13-23(20)30-27(21)22)31-24-15-14-19(18-25(24)36-3)32-37(34,35)17-5-2/h7-15,18,32H,4-6,16-17H2,1-3H3,(H,29,33)(H,30,31). The normalized spacial score (nSPS) is 11.4. The number of carbonyl (C=O) groups excluding carboxylic acids is 1. The number of anilines is 3. The van der Waals surface area contributed by atoms with Crippen LogP contribution in [0.5, 0.6) is 5.75 Å². The number of hydrogen-bond donors (Lipinski definition) is 3. The molecule has 4 aromatic rings. The van der Waals surface area contributed by atoms with E-state index in [1.807, 2.05) is 43.3 Å². The number of para-hydroxylation sites is 2. The maximum Gasteiger partial charge on any atom is 0.253 e. The highest BCUT2D eigenvalue weighted by Gasteiger charge is 2.18. The molecule has 4 rings (SSSR count). The summed E-state index contributed by atoms with van der Waals surface area (Å²) in [5.41, 5.74) is 3.70. The van der Waals surface area contributed by atoms with Crippen molar-refractivity contribution in [3.8, 4) is 5.75 Å². The quantitative estimate of drug-likeness (QED) is 0.170. The number of amides is 1. The van der Waals surface area contributed by atoms with Gasteiger partial charge in [0.15, 0.2) is 0 Å². The Morgan fingerprint density at radius 3 is 2.51 bits per heavy atom. The van der Waals surface area contributed by atoms with Crippen LogP contribution in [0.2, 0.25) is 0 Å². The first-order valence-electron chi connectivity index (χ1n) is 12.4. The highest BCUT2D eigenvalue weighted by atomic mass is 32.2. The Morgan fingerprint density at radius 2 is 1.76 bits per heavy atom. The first-order chi connectivity index (χ1) is 17.9. The number of rotatable bonds is 11. The molecule has 9 heteroatoms. The van der Waals surface area contributed by atoms with Gasteiger partial charge in [0, 0.05) is 23.4 Å². The molecule has 3 N–H and O–H groups in total. The topological polar surface area (TPSA) is 109 Å². The van der Waals surface area contributed by atoms with Gasteiger partial charge in [-0.05, 0) is 37.1 Å². The summed E-state index contributed by atoms with van der Waals surface area (Å²) in [6.45, 7) is 4.50. The molecule has 0 aliphatic rings. The third-order valence-corrected chi connectivity index (χ3v) is 7.47. The molecular formula is C28H32N4O4S. The molecule has 0 atom stereocenters. The lowest BCUT2D eigenvalue weighted by molar-refractivity contribution is 0.0954. The zero-order valence-electron chi connectivity index (χ0n) is 21.3. The van der Waals surface area contributed by atoms with Crippen molar-refractivity contribution < 1.29 is 17.9 Å². The second kappa shape index (κ2) is 11.5. The zero-order chi connectivity index (χ0) is 26.4. The minimum absolute atomic E-state index is 0.0403. The molecule has 0 aliphatic heterocycles. The number of methoxy groups -OCH3 is 1. The number of ether oxygens (including phenoxy) is 1. The Hall–Kier alpha value is -3.85. The lowest BCUT2D eigenvalue weighted by Crippen LogP contribution is -2.24. The summed E-state index contributed by atoms with van der Waals surface area (Å²) in [6.07, 6.45) is 2.42. The molecule has 1 heterocycles. The number of fused-ring (bicyclic) bond motifs is 2. The second-order valence-electron chi connectivity index (χ2n) is 8.78. The first kappa shape index (κ1) is 26.2. The number of aromatic nitrogens is 1. The molecule has 0 fully saturated rings.